The van der Waals surface area contributed by atoms with E-state index < -0.39 is 5.97 Å². The molecule has 84 valence electrons. The molecule has 3 heterocycles. The molecule has 3 atom stereocenters. The van der Waals surface area contributed by atoms with E-state index in [1.54, 1.807) is 6.08 Å². The van der Waals surface area contributed by atoms with Crippen LogP contribution in [0, 0.1) is 0 Å². The fourth-order valence-electron chi connectivity index (χ4n) is 1.84. The molecule has 0 aromatic carbocycles. The second-order valence-electron chi connectivity index (χ2n) is 3.90. The molecule has 3 aliphatic rings. The summed E-state index contributed by atoms with van der Waals surface area (Å²) >= 11 is 1.35. The van der Waals surface area contributed by atoms with Gasteiger partial charge in [0.25, 0.3) is 5.91 Å². The molecule has 6 heteroatoms. The van der Waals surface area contributed by atoms with Crippen molar-refractivity contribution in [3.05, 3.63) is 22.8 Å². The zero-order chi connectivity index (χ0) is 11.4. The van der Waals surface area contributed by atoms with Gasteiger partial charge in [-0.05, 0) is 13.0 Å². The van der Waals surface area contributed by atoms with Gasteiger partial charge in [0.05, 0.1) is 6.10 Å². The molecule has 0 saturated carbocycles. The lowest BCUT2D eigenvalue weighted by molar-refractivity contribution is -0.141. The van der Waals surface area contributed by atoms with Gasteiger partial charge in [-0.25, -0.2) is 4.79 Å². The van der Waals surface area contributed by atoms with E-state index in [0.717, 1.165) is 0 Å². The largest absolute Gasteiger partial charge is 0.477 e. The van der Waals surface area contributed by atoms with Gasteiger partial charge in [-0.2, -0.15) is 0 Å². The summed E-state index contributed by atoms with van der Waals surface area (Å²) in [5, 5.41) is 10.2. The van der Waals surface area contributed by atoms with Crippen LogP contribution in [0.5, 0.6) is 0 Å². The Labute approximate surface area is 95.7 Å². The minimum Gasteiger partial charge on any atom is -0.477 e. The van der Waals surface area contributed by atoms with Gasteiger partial charge in [0, 0.05) is 11.0 Å². The molecule has 0 bridgehead atoms. The van der Waals surface area contributed by atoms with Crippen LogP contribution >= 0.6 is 11.8 Å². The second-order valence-corrected chi connectivity index (χ2v) is 4.85. The number of aliphatic carboxylic acids is 1. The Bertz CT molecular complexity index is 456. The first-order chi connectivity index (χ1) is 7.59. The number of hydrogen-bond acceptors (Lipinski definition) is 4. The van der Waals surface area contributed by atoms with E-state index in [2.05, 4.69) is 0 Å². The maximum absolute atomic E-state index is 11.7. The van der Waals surface area contributed by atoms with Gasteiger partial charge >= 0.3 is 5.97 Å². The van der Waals surface area contributed by atoms with Gasteiger partial charge in [-0.15, -0.1) is 11.8 Å². The summed E-state index contributed by atoms with van der Waals surface area (Å²) in [6.07, 6.45) is 2.00. The van der Waals surface area contributed by atoms with E-state index >= 15 is 0 Å². The van der Waals surface area contributed by atoms with Crippen LogP contribution in [0.3, 0.4) is 0 Å². The first kappa shape index (κ1) is 9.92. The van der Waals surface area contributed by atoms with Gasteiger partial charge in [0.2, 0.25) is 0 Å². The zero-order valence-corrected chi connectivity index (χ0v) is 9.23. The van der Waals surface area contributed by atoms with Crippen molar-refractivity contribution in [2.45, 2.75) is 24.5 Å². The molecular formula is C10H9NO4S. The third kappa shape index (κ3) is 1.23. The molecule has 0 aliphatic carbocycles. The molecule has 1 N–H and O–H groups in total. The normalized spacial score (nSPS) is 38.2. The number of fused-ring (bicyclic) bond motifs is 1. The number of hydrogen-bond donors (Lipinski definition) is 1. The lowest BCUT2D eigenvalue weighted by Crippen LogP contribution is -2.51. The first-order valence-corrected chi connectivity index (χ1v) is 5.83. The number of thioether (sulfide) groups is 1. The quantitative estimate of drug-likeness (QED) is 0.432. The third-order valence-electron chi connectivity index (χ3n) is 2.86. The SMILES string of the molecule is CC1OC1/C=C1/C(=O)N2C(C(=O)O)=CS[C@H]12. The molecule has 2 saturated heterocycles. The number of carboxylic acids is 1. The van der Waals surface area contributed by atoms with E-state index in [9.17, 15) is 9.59 Å². The van der Waals surface area contributed by atoms with Gasteiger partial charge in [0.15, 0.2) is 0 Å². The summed E-state index contributed by atoms with van der Waals surface area (Å²) in [5.41, 5.74) is 0.730. The van der Waals surface area contributed by atoms with E-state index in [4.69, 9.17) is 9.84 Å². The van der Waals surface area contributed by atoms with Crippen molar-refractivity contribution in [1.82, 2.24) is 4.90 Å². The molecule has 0 spiro atoms. The van der Waals surface area contributed by atoms with Crippen molar-refractivity contribution in [2.75, 3.05) is 0 Å². The molecule has 0 aromatic rings. The topological polar surface area (TPSA) is 70.1 Å². The van der Waals surface area contributed by atoms with Crippen molar-refractivity contribution in [2.24, 2.45) is 0 Å². The van der Waals surface area contributed by atoms with Crippen molar-refractivity contribution in [1.29, 1.82) is 0 Å². The van der Waals surface area contributed by atoms with Crippen LogP contribution in [0.2, 0.25) is 0 Å². The Balaban J connectivity index is 1.79. The number of carbonyl (C=O) groups is 2. The molecule has 2 fully saturated rings. The molecule has 0 aromatic heterocycles. The van der Waals surface area contributed by atoms with Gasteiger partial charge in [0.1, 0.15) is 17.2 Å². The Morgan fingerprint density at radius 3 is 2.94 bits per heavy atom. The molecular weight excluding hydrogens is 230 g/mol. The fraction of sp³-hybridized carbons (Fsp3) is 0.400. The highest BCUT2D eigenvalue weighted by Crippen LogP contribution is 2.45. The summed E-state index contributed by atoms with van der Waals surface area (Å²) < 4.78 is 5.20. The highest BCUT2D eigenvalue weighted by molar-refractivity contribution is 8.03. The predicted molar refractivity (Wildman–Crippen MR) is 56.4 cm³/mol. The van der Waals surface area contributed by atoms with Crippen LogP contribution in [-0.4, -0.2) is 39.5 Å². The molecule has 2 unspecified atom stereocenters. The van der Waals surface area contributed by atoms with Crippen LogP contribution in [0.1, 0.15) is 6.92 Å². The highest BCUT2D eigenvalue weighted by atomic mass is 32.2. The zero-order valence-electron chi connectivity index (χ0n) is 8.41. The number of ether oxygens (including phenoxy) is 1. The number of nitrogens with zero attached hydrogens (tertiary/aromatic N) is 1. The Hall–Kier alpha value is -1.27. The summed E-state index contributed by atoms with van der Waals surface area (Å²) in [6, 6.07) is 0. The number of carboxylic acid groups (broad SMARTS) is 1. The van der Waals surface area contributed by atoms with E-state index in [1.165, 1.54) is 22.1 Å². The minimum absolute atomic E-state index is 0.0237. The number of carbonyl (C=O) groups excluding carboxylic acids is 1. The highest BCUT2D eigenvalue weighted by Gasteiger charge is 2.50. The molecule has 3 rings (SSSR count). The average Bonchev–Trinajstić information content (AvgIpc) is 2.79. The summed E-state index contributed by atoms with van der Waals surface area (Å²) in [7, 11) is 0. The summed E-state index contributed by atoms with van der Waals surface area (Å²) in [6.45, 7) is 1.94. The second kappa shape index (κ2) is 3.11. The van der Waals surface area contributed by atoms with Crippen LogP contribution in [0.25, 0.3) is 0 Å². The lowest BCUT2D eigenvalue weighted by atomic mass is 10.0. The smallest absolute Gasteiger partial charge is 0.353 e. The number of amides is 1. The number of rotatable bonds is 2. The predicted octanol–water partition coefficient (Wildman–Crippen LogP) is 0.541. The minimum atomic E-state index is -1.06. The Morgan fingerprint density at radius 2 is 2.38 bits per heavy atom. The summed E-state index contributed by atoms with van der Waals surface area (Å²) in [4.78, 5) is 23.8. The molecule has 5 nitrogen and oxygen atoms in total. The Morgan fingerprint density at radius 1 is 1.69 bits per heavy atom. The van der Waals surface area contributed by atoms with Gasteiger partial charge in [-0.1, -0.05) is 0 Å². The lowest BCUT2D eigenvalue weighted by Gasteiger charge is -2.37. The van der Waals surface area contributed by atoms with Gasteiger partial charge in [-0.3, -0.25) is 9.69 Å². The standard InChI is InChI=1S/C10H9NO4S/c1-4-7(15-4)2-5-8(12)11-6(10(13)14)3-16-9(5)11/h2-4,7,9H,1H3,(H,13,14)/b5-2-/t4?,7?,9-/m1/s1. The van der Waals surface area contributed by atoms with Crippen LogP contribution in [0.15, 0.2) is 22.8 Å². The third-order valence-corrected chi connectivity index (χ3v) is 3.94. The summed E-state index contributed by atoms with van der Waals surface area (Å²) in [5.74, 6) is -1.27. The van der Waals surface area contributed by atoms with E-state index in [0.29, 0.717) is 5.57 Å². The van der Waals surface area contributed by atoms with E-state index in [-0.39, 0.29) is 29.2 Å². The van der Waals surface area contributed by atoms with Crippen molar-refractivity contribution in [3.8, 4) is 0 Å². The van der Waals surface area contributed by atoms with Crippen molar-refractivity contribution in [3.63, 3.8) is 0 Å². The van der Waals surface area contributed by atoms with Crippen LogP contribution in [-0.2, 0) is 14.3 Å². The fourth-order valence-corrected chi connectivity index (χ4v) is 2.97. The van der Waals surface area contributed by atoms with Crippen molar-refractivity contribution >= 4 is 23.6 Å². The molecule has 0 radical (unpaired) electrons. The molecule has 3 aliphatic heterocycles. The van der Waals surface area contributed by atoms with Crippen molar-refractivity contribution < 1.29 is 19.4 Å². The number of β-lactam (4-membered cyclic amide) rings is 1. The molecule has 16 heavy (non-hydrogen) atoms. The van der Waals surface area contributed by atoms with Crippen LogP contribution < -0.4 is 0 Å². The maximum Gasteiger partial charge on any atom is 0.353 e. The number of epoxide rings is 1. The van der Waals surface area contributed by atoms with Crippen LogP contribution in [0.4, 0.5) is 0 Å². The maximum atomic E-state index is 11.7. The van der Waals surface area contributed by atoms with Gasteiger partial charge < -0.3 is 9.84 Å². The molecule has 1 amide bonds. The van der Waals surface area contributed by atoms with E-state index in [1.807, 2.05) is 6.92 Å². The average molecular weight is 239 g/mol. The first-order valence-electron chi connectivity index (χ1n) is 4.89. The monoisotopic (exact) mass is 239 g/mol. The Kier molecular flexibility index (Phi) is 1.93.